The second kappa shape index (κ2) is 5.31. The smallest absolute Gasteiger partial charge is 0.239 e. The first kappa shape index (κ1) is 13.7. The predicted molar refractivity (Wildman–Crippen MR) is 73.3 cm³/mol. The average Bonchev–Trinajstić information content (AvgIpc) is 2.08. The maximum absolute atomic E-state index is 11.5. The molecule has 0 amide bonds. The van der Waals surface area contributed by atoms with Gasteiger partial charge in [-0.1, -0.05) is 39.7 Å². The van der Waals surface area contributed by atoms with E-state index in [0.717, 1.165) is 0 Å². The van der Waals surface area contributed by atoms with Gasteiger partial charge in [-0.2, -0.15) is 0 Å². The van der Waals surface area contributed by atoms with Crippen LogP contribution < -0.4 is 10.5 Å². The molecule has 0 heterocycles. The van der Waals surface area contributed by atoms with Crippen LogP contribution in [0.25, 0.3) is 0 Å². The molecular formula is C8H8BrClN2O2S2. The molecule has 0 bridgehead atoms. The van der Waals surface area contributed by atoms with Gasteiger partial charge in [-0.15, -0.1) is 0 Å². The van der Waals surface area contributed by atoms with Crippen LogP contribution in [0, 0.1) is 0 Å². The predicted octanol–water partition coefficient (Wildman–Crippen LogP) is 2.13. The van der Waals surface area contributed by atoms with Crippen LogP contribution in [-0.2, 0) is 10.0 Å². The van der Waals surface area contributed by atoms with Crippen molar-refractivity contribution in [2.24, 2.45) is 5.73 Å². The zero-order chi connectivity index (χ0) is 12.3. The number of nitrogens with one attached hydrogen (secondary N) is 1. The van der Waals surface area contributed by atoms with Crippen LogP contribution in [0.5, 0.6) is 0 Å². The second-order valence-electron chi connectivity index (χ2n) is 2.95. The van der Waals surface area contributed by atoms with E-state index in [1.54, 1.807) is 18.2 Å². The van der Waals surface area contributed by atoms with Gasteiger partial charge in [0.1, 0.15) is 5.75 Å². The van der Waals surface area contributed by atoms with Crippen molar-refractivity contribution in [3.05, 3.63) is 27.7 Å². The molecule has 0 unspecified atom stereocenters. The summed E-state index contributed by atoms with van der Waals surface area (Å²) in [6.45, 7) is 0. The molecule has 3 N–H and O–H groups in total. The Hall–Kier alpha value is -0.370. The highest BCUT2D eigenvalue weighted by Crippen LogP contribution is 2.26. The molecule has 0 saturated carbocycles. The van der Waals surface area contributed by atoms with Gasteiger partial charge < -0.3 is 5.73 Å². The van der Waals surface area contributed by atoms with Gasteiger partial charge in [0, 0.05) is 4.47 Å². The molecule has 0 aliphatic carbocycles. The van der Waals surface area contributed by atoms with Gasteiger partial charge in [0.05, 0.1) is 15.7 Å². The van der Waals surface area contributed by atoms with Crippen LogP contribution >= 0.6 is 39.7 Å². The molecule has 8 heteroatoms. The lowest BCUT2D eigenvalue weighted by Crippen LogP contribution is -2.26. The summed E-state index contributed by atoms with van der Waals surface area (Å²) >= 11 is 13.6. The molecule has 1 aromatic rings. The summed E-state index contributed by atoms with van der Waals surface area (Å²) in [6, 6.07) is 4.83. The van der Waals surface area contributed by atoms with Gasteiger partial charge in [0.2, 0.25) is 10.0 Å². The quantitative estimate of drug-likeness (QED) is 0.822. The first-order valence-electron chi connectivity index (χ1n) is 4.04. The van der Waals surface area contributed by atoms with Gasteiger partial charge in [0.15, 0.2) is 0 Å². The highest BCUT2D eigenvalue weighted by Gasteiger charge is 2.13. The van der Waals surface area contributed by atoms with Crippen LogP contribution in [0.4, 0.5) is 5.69 Å². The summed E-state index contributed by atoms with van der Waals surface area (Å²) in [4.78, 5) is -0.0985. The monoisotopic (exact) mass is 342 g/mol. The van der Waals surface area contributed by atoms with Crippen LogP contribution in [0.1, 0.15) is 0 Å². The van der Waals surface area contributed by atoms with Crippen molar-refractivity contribution in [3.63, 3.8) is 0 Å². The Balaban J connectivity index is 2.96. The fourth-order valence-corrected chi connectivity index (χ4v) is 2.96. The first-order chi connectivity index (χ1) is 7.30. The van der Waals surface area contributed by atoms with Gasteiger partial charge in [-0.3, -0.25) is 4.72 Å². The van der Waals surface area contributed by atoms with Crippen LogP contribution in [0.15, 0.2) is 22.7 Å². The Kier molecular flexibility index (Phi) is 4.54. The summed E-state index contributed by atoms with van der Waals surface area (Å²) in [5, 5.41) is 0.301. The first-order valence-corrected chi connectivity index (χ1v) is 7.27. The molecule has 16 heavy (non-hydrogen) atoms. The maximum Gasteiger partial charge on any atom is 0.239 e. The molecule has 1 rings (SSSR count). The zero-order valence-electron chi connectivity index (χ0n) is 7.91. The third-order valence-corrected chi connectivity index (χ3v) is 3.90. The molecule has 1 aromatic carbocycles. The maximum atomic E-state index is 11.5. The Morgan fingerprint density at radius 2 is 2.19 bits per heavy atom. The highest BCUT2D eigenvalue weighted by atomic mass is 79.9. The molecule has 0 aliphatic heterocycles. The van der Waals surface area contributed by atoms with E-state index in [-0.39, 0.29) is 10.7 Å². The molecule has 0 aliphatic rings. The standard InChI is InChI=1S/C8H8BrClN2O2S2/c9-5-1-2-6(10)7(3-5)12-16(13,14)4-8(11)15/h1-3,12H,4H2,(H2,11,15). The van der Waals surface area contributed by atoms with E-state index in [9.17, 15) is 8.42 Å². The van der Waals surface area contributed by atoms with Crippen molar-refractivity contribution in [2.45, 2.75) is 0 Å². The molecular weight excluding hydrogens is 336 g/mol. The number of thiocarbonyl (C=S) groups is 1. The SMILES string of the molecule is NC(=S)CS(=O)(=O)Nc1cc(Br)ccc1Cl. The molecule has 0 spiro atoms. The van der Waals surface area contributed by atoms with E-state index in [1.807, 2.05) is 0 Å². The fraction of sp³-hybridized carbons (Fsp3) is 0.125. The Bertz CT molecular complexity index is 519. The third-order valence-electron chi connectivity index (χ3n) is 1.53. The number of hydrogen-bond acceptors (Lipinski definition) is 3. The lowest BCUT2D eigenvalue weighted by atomic mass is 10.3. The highest BCUT2D eigenvalue weighted by molar-refractivity contribution is 9.10. The van der Waals surface area contributed by atoms with Gasteiger partial charge in [-0.05, 0) is 18.2 Å². The van der Waals surface area contributed by atoms with Crippen LogP contribution in [0.2, 0.25) is 5.02 Å². The van der Waals surface area contributed by atoms with Crippen molar-refractivity contribution in [1.29, 1.82) is 0 Å². The van der Waals surface area contributed by atoms with E-state index in [0.29, 0.717) is 9.50 Å². The number of halogens is 2. The van der Waals surface area contributed by atoms with Crippen LogP contribution in [0.3, 0.4) is 0 Å². The molecule has 0 radical (unpaired) electrons. The third kappa shape index (κ3) is 4.25. The van der Waals surface area contributed by atoms with Crippen LogP contribution in [-0.4, -0.2) is 19.2 Å². The summed E-state index contributed by atoms with van der Waals surface area (Å²) in [6.07, 6.45) is 0. The minimum Gasteiger partial charge on any atom is -0.392 e. The largest absolute Gasteiger partial charge is 0.392 e. The average molecular weight is 344 g/mol. The molecule has 0 atom stereocenters. The van der Waals surface area contributed by atoms with Gasteiger partial charge in [0.25, 0.3) is 0 Å². The minimum absolute atomic E-state index is 0.0985. The van der Waals surface area contributed by atoms with Gasteiger partial charge >= 0.3 is 0 Å². The van der Waals surface area contributed by atoms with Crippen molar-refractivity contribution in [1.82, 2.24) is 0 Å². The summed E-state index contributed by atoms with van der Waals surface area (Å²) < 4.78 is 26.1. The Labute approximate surface area is 112 Å². The topological polar surface area (TPSA) is 72.2 Å². The lowest BCUT2D eigenvalue weighted by molar-refractivity contribution is 0.605. The van der Waals surface area contributed by atoms with Crippen molar-refractivity contribution >= 4 is 60.4 Å². The van der Waals surface area contributed by atoms with E-state index in [2.05, 4.69) is 32.9 Å². The van der Waals surface area contributed by atoms with Crippen molar-refractivity contribution < 1.29 is 8.42 Å². The molecule has 0 aromatic heterocycles. The fourth-order valence-electron chi connectivity index (χ4n) is 0.967. The van der Waals surface area contributed by atoms with Gasteiger partial charge in [-0.25, -0.2) is 8.42 Å². The van der Waals surface area contributed by atoms with E-state index >= 15 is 0 Å². The summed E-state index contributed by atoms with van der Waals surface area (Å²) in [7, 11) is -3.59. The normalized spacial score (nSPS) is 11.1. The molecule has 88 valence electrons. The molecule has 0 saturated heterocycles. The number of nitrogens with two attached hydrogens (primary N) is 1. The lowest BCUT2D eigenvalue weighted by Gasteiger charge is -2.09. The van der Waals surface area contributed by atoms with E-state index < -0.39 is 15.8 Å². The van der Waals surface area contributed by atoms with Crippen molar-refractivity contribution in [2.75, 3.05) is 10.5 Å². The molecule has 0 fully saturated rings. The summed E-state index contributed by atoms with van der Waals surface area (Å²) in [5.41, 5.74) is 5.45. The summed E-state index contributed by atoms with van der Waals surface area (Å²) in [5.74, 6) is -0.412. The van der Waals surface area contributed by atoms with Crippen molar-refractivity contribution in [3.8, 4) is 0 Å². The number of sulfonamides is 1. The number of rotatable bonds is 4. The number of benzene rings is 1. The second-order valence-corrected chi connectivity index (χ2v) is 6.52. The zero-order valence-corrected chi connectivity index (χ0v) is 11.9. The minimum atomic E-state index is -3.59. The Morgan fingerprint density at radius 1 is 1.56 bits per heavy atom. The number of anilines is 1. The van der Waals surface area contributed by atoms with E-state index in [1.165, 1.54) is 0 Å². The molecule has 4 nitrogen and oxygen atoms in total. The van der Waals surface area contributed by atoms with E-state index in [4.69, 9.17) is 17.3 Å². The number of hydrogen-bond donors (Lipinski definition) is 2. The Morgan fingerprint density at radius 3 is 2.75 bits per heavy atom.